The van der Waals surface area contributed by atoms with Crippen molar-refractivity contribution < 1.29 is 9.59 Å². The highest BCUT2D eigenvalue weighted by molar-refractivity contribution is 7.03. The predicted octanol–water partition coefficient (Wildman–Crippen LogP) is 4.19. The number of carbonyl (C=O) groups is 2. The van der Waals surface area contributed by atoms with E-state index in [1.165, 1.54) is 4.90 Å². The Morgan fingerprint density at radius 3 is 2.58 bits per heavy atom. The van der Waals surface area contributed by atoms with Crippen molar-refractivity contribution in [2.24, 2.45) is 0 Å². The quantitative estimate of drug-likeness (QED) is 0.571. The minimum atomic E-state index is -0.965. The van der Waals surface area contributed by atoms with Gasteiger partial charge in [-0.05, 0) is 68.1 Å². The molecular weight excluding hydrogens is 410 g/mol. The molecule has 1 N–H and O–H groups in total. The molecule has 0 radical (unpaired) electrons. The second-order valence-corrected chi connectivity index (χ2v) is 8.48. The number of nitrogens with zero attached hydrogens (tertiary/aromatic N) is 4. The number of carbonyl (C=O) groups excluding carboxylic acids is 2. The third-order valence-corrected chi connectivity index (χ3v) is 5.72. The van der Waals surface area contributed by atoms with Gasteiger partial charge in [0.2, 0.25) is 5.91 Å². The van der Waals surface area contributed by atoms with E-state index in [0.29, 0.717) is 11.4 Å². The Bertz CT molecular complexity index is 1020. The zero-order chi connectivity index (χ0) is 22.4. The molecule has 0 aliphatic carbocycles. The van der Waals surface area contributed by atoms with Crippen molar-refractivity contribution in [3.63, 3.8) is 0 Å². The van der Waals surface area contributed by atoms with Crippen molar-refractivity contribution in [1.29, 1.82) is 0 Å². The van der Waals surface area contributed by atoms with Gasteiger partial charge in [0, 0.05) is 22.8 Å². The monoisotopic (exact) mass is 437 g/mol. The van der Waals surface area contributed by atoms with Crippen LogP contribution in [0.25, 0.3) is 0 Å². The number of rotatable bonds is 8. The van der Waals surface area contributed by atoms with Gasteiger partial charge in [-0.3, -0.25) is 19.5 Å². The molecule has 2 aromatic heterocycles. The number of benzene rings is 1. The van der Waals surface area contributed by atoms with Gasteiger partial charge in [0.15, 0.2) is 11.7 Å². The van der Waals surface area contributed by atoms with Gasteiger partial charge in [0.05, 0.1) is 5.69 Å². The van der Waals surface area contributed by atoms with Crippen molar-refractivity contribution >= 4 is 29.0 Å². The van der Waals surface area contributed by atoms with Crippen LogP contribution in [0.2, 0.25) is 0 Å². The van der Waals surface area contributed by atoms with E-state index in [0.717, 1.165) is 29.9 Å². The molecule has 3 rings (SSSR count). The van der Waals surface area contributed by atoms with Crippen LogP contribution in [0, 0.1) is 0 Å². The first kappa shape index (κ1) is 22.6. The molecular formula is C23H27N5O2S. The van der Waals surface area contributed by atoms with Crippen molar-refractivity contribution in [2.45, 2.75) is 52.1 Å². The predicted molar refractivity (Wildman–Crippen MR) is 122 cm³/mol. The fraction of sp³-hybridized carbons (Fsp3) is 0.348. The summed E-state index contributed by atoms with van der Waals surface area (Å²) in [6.45, 7) is 7.95. The number of anilines is 1. The smallest absolute Gasteiger partial charge is 0.280 e. The first-order chi connectivity index (χ1) is 14.9. The Balaban J connectivity index is 2.16. The Hall–Kier alpha value is -3.13. The van der Waals surface area contributed by atoms with Crippen LogP contribution >= 0.6 is 11.5 Å². The summed E-state index contributed by atoms with van der Waals surface area (Å²) in [6, 6.07) is 12.0. The van der Waals surface area contributed by atoms with Gasteiger partial charge in [0.1, 0.15) is 0 Å². The second-order valence-electron chi connectivity index (χ2n) is 7.87. The van der Waals surface area contributed by atoms with Gasteiger partial charge in [0.25, 0.3) is 5.91 Å². The Kier molecular flexibility index (Phi) is 7.12. The lowest BCUT2D eigenvalue weighted by atomic mass is 9.99. The van der Waals surface area contributed by atoms with Gasteiger partial charge >= 0.3 is 0 Å². The molecule has 0 aliphatic heterocycles. The molecule has 0 bridgehead atoms. The molecule has 8 heteroatoms. The van der Waals surface area contributed by atoms with Crippen LogP contribution in [0.4, 0.5) is 5.69 Å². The van der Waals surface area contributed by atoms with Gasteiger partial charge in [-0.2, -0.15) is 0 Å². The van der Waals surface area contributed by atoms with E-state index in [1.54, 1.807) is 23.7 Å². The molecule has 162 valence electrons. The molecule has 0 spiro atoms. The summed E-state index contributed by atoms with van der Waals surface area (Å²) in [5.41, 5.74) is 1.89. The van der Waals surface area contributed by atoms with Gasteiger partial charge in [-0.15, -0.1) is 5.10 Å². The number of hydrogen-bond donors (Lipinski definition) is 1. The minimum absolute atomic E-state index is 0.190. The van der Waals surface area contributed by atoms with Crippen LogP contribution in [0.15, 0.2) is 54.0 Å². The molecule has 0 unspecified atom stereocenters. The van der Waals surface area contributed by atoms with Crippen molar-refractivity contribution in [3.8, 4) is 0 Å². The zero-order valence-electron chi connectivity index (χ0n) is 18.2. The van der Waals surface area contributed by atoms with Crippen LogP contribution in [0.1, 0.15) is 61.9 Å². The van der Waals surface area contributed by atoms with Gasteiger partial charge < -0.3 is 5.32 Å². The van der Waals surface area contributed by atoms with E-state index in [1.807, 2.05) is 58.0 Å². The average Bonchev–Trinajstić information content (AvgIpc) is 3.32. The summed E-state index contributed by atoms with van der Waals surface area (Å²) in [4.78, 5) is 33.1. The number of hydrogen-bond acceptors (Lipinski definition) is 6. The topological polar surface area (TPSA) is 88.1 Å². The average molecular weight is 438 g/mol. The fourth-order valence-corrected chi connectivity index (χ4v) is 3.53. The molecule has 0 saturated heterocycles. The molecule has 3 aromatic rings. The molecule has 1 aromatic carbocycles. The van der Waals surface area contributed by atoms with E-state index in [4.69, 9.17) is 0 Å². The summed E-state index contributed by atoms with van der Waals surface area (Å²) >= 11 is 1.09. The summed E-state index contributed by atoms with van der Waals surface area (Å²) < 4.78 is 3.83. The van der Waals surface area contributed by atoms with Gasteiger partial charge in [-0.1, -0.05) is 36.5 Å². The molecule has 0 aliphatic rings. The summed E-state index contributed by atoms with van der Waals surface area (Å²) in [5.74, 6) is -0.703. The Morgan fingerprint density at radius 1 is 1.16 bits per heavy atom. The number of aryl methyl sites for hydroxylation is 1. The van der Waals surface area contributed by atoms with Crippen molar-refractivity contribution in [2.75, 3.05) is 4.90 Å². The lowest BCUT2D eigenvalue weighted by Gasteiger charge is -2.33. The van der Waals surface area contributed by atoms with E-state index >= 15 is 0 Å². The SMILES string of the molecule is CCc1cccc(N(C(=O)c2csnn2)[C@@H](C(=O)NC(C)(C)CC)c2ccccn2)c1. The lowest BCUT2D eigenvalue weighted by Crippen LogP contribution is -2.50. The van der Waals surface area contributed by atoms with Crippen LogP contribution < -0.4 is 10.2 Å². The third-order valence-electron chi connectivity index (χ3n) is 5.21. The van der Waals surface area contributed by atoms with Crippen LogP contribution in [-0.4, -0.2) is 31.9 Å². The molecule has 7 nitrogen and oxygen atoms in total. The summed E-state index contributed by atoms with van der Waals surface area (Å²) in [5, 5.41) is 8.62. The highest BCUT2D eigenvalue weighted by Crippen LogP contribution is 2.30. The maximum Gasteiger partial charge on any atom is 0.280 e. The first-order valence-electron chi connectivity index (χ1n) is 10.3. The summed E-state index contributed by atoms with van der Waals surface area (Å²) in [7, 11) is 0. The normalized spacial score (nSPS) is 12.3. The minimum Gasteiger partial charge on any atom is -0.349 e. The van der Waals surface area contributed by atoms with Crippen LogP contribution in [0.3, 0.4) is 0 Å². The number of aromatic nitrogens is 3. The van der Waals surface area contributed by atoms with Crippen molar-refractivity contribution in [1.82, 2.24) is 19.9 Å². The molecule has 0 fully saturated rings. The molecule has 2 amide bonds. The highest BCUT2D eigenvalue weighted by Gasteiger charge is 2.37. The Labute approximate surface area is 186 Å². The number of pyridine rings is 1. The van der Waals surface area contributed by atoms with Crippen molar-refractivity contribution in [3.05, 3.63) is 71.0 Å². The van der Waals surface area contributed by atoms with Crippen LogP contribution in [0.5, 0.6) is 0 Å². The number of nitrogens with one attached hydrogen (secondary N) is 1. The largest absolute Gasteiger partial charge is 0.349 e. The molecule has 31 heavy (non-hydrogen) atoms. The maximum atomic E-state index is 13.6. The maximum absolute atomic E-state index is 13.6. The lowest BCUT2D eigenvalue weighted by molar-refractivity contribution is -0.124. The Morgan fingerprint density at radius 2 is 1.97 bits per heavy atom. The summed E-state index contributed by atoms with van der Waals surface area (Å²) in [6.07, 6.45) is 3.16. The molecule has 1 atom stereocenters. The van der Waals surface area contributed by atoms with E-state index < -0.39 is 17.5 Å². The highest BCUT2D eigenvalue weighted by atomic mass is 32.1. The zero-order valence-corrected chi connectivity index (χ0v) is 19.0. The first-order valence-corrected chi connectivity index (χ1v) is 11.1. The number of amides is 2. The molecule has 0 saturated carbocycles. The molecule has 2 heterocycles. The van der Waals surface area contributed by atoms with E-state index in [-0.39, 0.29) is 11.6 Å². The van der Waals surface area contributed by atoms with Gasteiger partial charge in [-0.25, -0.2) is 0 Å². The van der Waals surface area contributed by atoms with Crippen LogP contribution in [-0.2, 0) is 11.2 Å². The second kappa shape index (κ2) is 9.78. The fourth-order valence-electron chi connectivity index (χ4n) is 3.10. The third kappa shape index (κ3) is 5.32. The van der Waals surface area contributed by atoms with E-state index in [9.17, 15) is 9.59 Å². The standard InChI is InChI=1S/C23H27N5O2S/c1-5-16-10-9-11-17(14-16)28(22(30)19-15-31-27-26-19)20(18-12-7-8-13-24-18)21(29)25-23(3,4)6-2/h7-15,20H,5-6H2,1-4H3,(H,25,29)/t20-/m1/s1. The van der Waals surface area contributed by atoms with E-state index in [2.05, 4.69) is 19.9 Å².